The molecule has 2 aliphatic rings. The molecule has 2 fully saturated rings. The fourth-order valence-electron chi connectivity index (χ4n) is 3.47. The topological polar surface area (TPSA) is 107 Å². The van der Waals surface area contributed by atoms with Crippen molar-refractivity contribution in [1.29, 1.82) is 0 Å². The molecule has 8 nitrogen and oxygen atoms in total. The number of halogens is 1. The molecule has 1 N–H and O–H groups in total. The van der Waals surface area contributed by atoms with Crippen molar-refractivity contribution < 1.29 is 13.2 Å². The summed E-state index contributed by atoms with van der Waals surface area (Å²) < 4.78 is 24.7. The van der Waals surface area contributed by atoms with Gasteiger partial charge in [0.15, 0.2) is 0 Å². The Hall–Kier alpha value is -2.00. The molecule has 1 unspecified atom stereocenters. The van der Waals surface area contributed by atoms with Crippen molar-refractivity contribution in [2.45, 2.75) is 19.3 Å². The van der Waals surface area contributed by atoms with Gasteiger partial charge < -0.3 is 5.32 Å². The van der Waals surface area contributed by atoms with Crippen molar-refractivity contribution in [3.8, 4) is 5.69 Å². The zero-order chi connectivity index (χ0) is 17.7. The summed E-state index contributed by atoms with van der Waals surface area (Å²) in [5.41, 5.74) is 1.01. The molecule has 1 aliphatic carbocycles. The van der Waals surface area contributed by atoms with Crippen LogP contribution in [0.15, 0.2) is 24.5 Å². The number of tetrazole rings is 1. The molecule has 1 atom stereocenters. The van der Waals surface area contributed by atoms with Crippen LogP contribution < -0.4 is 5.32 Å². The second-order valence-electron chi connectivity index (χ2n) is 6.68. The number of nitrogens with zero attached hydrogens (tertiary/aromatic N) is 4. The highest BCUT2D eigenvalue weighted by atomic mass is 35.5. The number of hydrogen-bond donors (Lipinski definition) is 1. The summed E-state index contributed by atoms with van der Waals surface area (Å²) in [6.07, 6.45) is 3.31. The highest BCUT2D eigenvalue weighted by Gasteiger charge is 2.59. The lowest BCUT2D eigenvalue weighted by atomic mass is 9.96. The summed E-state index contributed by atoms with van der Waals surface area (Å²) >= 11 is 6.19. The minimum Gasteiger partial charge on any atom is -0.324 e. The van der Waals surface area contributed by atoms with Crippen molar-refractivity contribution in [3.05, 3.63) is 29.5 Å². The Morgan fingerprint density at radius 2 is 2.08 bits per heavy atom. The molecule has 1 aromatic heterocycles. The molecule has 0 radical (unpaired) electrons. The van der Waals surface area contributed by atoms with E-state index < -0.39 is 9.84 Å². The summed E-state index contributed by atoms with van der Waals surface area (Å²) in [5, 5.41) is 14.3. The van der Waals surface area contributed by atoms with Crippen molar-refractivity contribution in [2.75, 3.05) is 16.8 Å². The van der Waals surface area contributed by atoms with Crippen molar-refractivity contribution in [1.82, 2.24) is 20.2 Å². The number of sulfone groups is 1. The van der Waals surface area contributed by atoms with Crippen molar-refractivity contribution in [3.63, 3.8) is 0 Å². The van der Waals surface area contributed by atoms with E-state index in [1.54, 1.807) is 18.2 Å². The summed E-state index contributed by atoms with van der Waals surface area (Å²) in [6, 6.07) is 5.12. The first-order chi connectivity index (χ1) is 11.9. The number of rotatable bonds is 3. The Morgan fingerprint density at radius 3 is 2.76 bits per heavy atom. The minimum atomic E-state index is -2.93. The predicted molar refractivity (Wildman–Crippen MR) is 91.2 cm³/mol. The third-order valence-corrected chi connectivity index (χ3v) is 7.13. The monoisotopic (exact) mass is 381 g/mol. The molecule has 1 amide bonds. The van der Waals surface area contributed by atoms with Crippen LogP contribution >= 0.6 is 11.6 Å². The van der Waals surface area contributed by atoms with Gasteiger partial charge in [0.05, 0.1) is 27.9 Å². The molecular weight excluding hydrogens is 366 g/mol. The number of amides is 1. The predicted octanol–water partition coefficient (Wildman–Crippen LogP) is 1.47. The number of benzene rings is 1. The molecule has 2 aromatic rings. The Kier molecular flexibility index (Phi) is 3.80. The molecule has 10 heteroatoms. The maximum Gasteiger partial charge on any atom is 0.228 e. The average Bonchev–Trinajstić information content (AvgIpc) is 3.01. The molecule has 4 rings (SSSR count). The Labute approximate surface area is 149 Å². The zero-order valence-corrected chi connectivity index (χ0v) is 14.8. The first-order valence-electron chi connectivity index (χ1n) is 7.93. The van der Waals surface area contributed by atoms with Crippen LogP contribution in [0.25, 0.3) is 5.69 Å². The number of aromatic nitrogens is 4. The number of nitrogens with one attached hydrogen (secondary N) is 1. The molecule has 1 saturated heterocycles. The van der Waals surface area contributed by atoms with Gasteiger partial charge in [-0.2, -0.15) is 0 Å². The quantitative estimate of drug-likeness (QED) is 0.862. The van der Waals surface area contributed by atoms with E-state index in [4.69, 9.17) is 11.6 Å². The van der Waals surface area contributed by atoms with Gasteiger partial charge >= 0.3 is 0 Å². The van der Waals surface area contributed by atoms with Crippen molar-refractivity contribution >= 4 is 33.0 Å². The molecular formula is C15H16ClN5O3S. The summed E-state index contributed by atoms with van der Waals surface area (Å²) in [4.78, 5) is 12.6. The lowest BCUT2D eigenvalue weighted by molar-refractivity contribution is -0.118. The van der Waals surface area contributed by atoms with Crippen LogP contribution in [0, 0.1) is 11.3 Å². The van der Waals surface area contributed by atoms with Crippen LogP contribution in [0.1, 0.15) is 19.3 Å². The number of carbonyl (C=O) groups is 1. The van der Waals surface area contributed by atoms with Crippen molar-refractivity contribution in [2.24, 2.45) is 11.3 Å². The number of hydrogen-bond acceptors (Lipinski definition) is 6. The molecule has 1 aliphatic heterocycles. The first-order valence-corrected chi connectivity index (χ1v) is 10.1. The fraction of sp³-hybridized carbons (Fsp3) is 0.467. The molecule has 2 heterocycles. The van der Waals surface area contributed by atoms with Gasteiger partial charge in [0.2, 0.25) is 5.91 Å². The van der Waals surface area contributed by atoms with E-state index in [9.17, 15) is 13.2 Å². The van der Waals surface area contributed by atoms with Gasteiger partial charge in [-0.3, -0.25) is 4.79 Å². The third-order valence-electron chi connectivity index (χ3n) is 5.15. The standard InChI is InChI=1S/C15H16ClN5O3S/c16-12-2-1-10(21-9-17-19-20-21)7-13(12)18-14(22)11-8-15(11)3-5-25(23,24)6-4-15/h1-2,7,9,11H,3-6,8H2,(H,18,22). The SMILES string of the molecule is O=C(Nc1cc(-n2cnnn2)ccc1Cl)C1CC12CCS(=O)(=O)CC2. The van der Waals surface area contributed by atoms with Crippen LogP contribution in [0.4, 0.5) is 5.69 Å². The lowest BCUT2D eigenvalue weighted by Gasteiger charge is -2.22. The first kappa shape index (κ1) is 16.5. The van der Waals surface area contributed by atoms with Gasteiger partial charge in [-0.05, 0) is 53.3 Å². The van der Waals surface area contributed by atoms with Gasteiger partial charge in [-0.25, -0.2) is 13.1 Å². The van der Waals surface area contributed by atoms with E-state index in [1.807, 2.05) is 0 Å². The number of carbonyl (C=O) groups excluding carboxylic acids is 1. The van der Waals surface area contributed by atoms with E-state index in [2.05, 4.69) is 20.8 Å². The highest BCUT2D eigenvalue weighted by Crippen LogP contribution is 2.60. The third kappa shape index (κ3) is 3.13. The molecule has 132 valence electrons. The van der Waals surface area contributed by atoms with Crippen LogP contribution in [0.5, 0.6) is 0 Å². The maximum absolute atomic E-state index is 12.6. The van der Waals surface area contributed by atoms with E-state index >= 15 is 0 Å². The number of anilines is 1. The average molecular weight is 382 g/mol. The van der Waals surface area contributed by atoms with Gasteiger partial charge in [0, 0.05) is 5.92 Å². The smallest absolute Gasteiger partial charge is 0.228 e. The van der Waals surface area contributed by atoms with Gasteiger partial charge in [0.1, 0.15) is 16.2 Å². The lowest BCUT2D eigenvalue weighted by Crippen LogP contribution is -2.28. The summed E-state index contributed by atoms with van der Waals surface area (Å²) in [7, 11) is -2.93. The second-order valence-corrected chi connectivity index (χ2v) is 9.39. The van der Waals surface area contributed by atoms with Crippen LogP contribution in [-0.4, -0.2) is 46.0 Å². The van der Waals surface area contributed by atoms with Crippen LogP contribution in [-0.2, 0) is 14.6 Å². The fourth-order valence-corrected chi connectivity index (χ4v) is 5.27. The molecule has 1 spiro atoms. The van der Waals surface area contributed by atoms with Gasteiger partial charge in [0.25, 0.3) is 0 Å². The molecule has 25 heavy (non-hydrogen) atoms. The maximum atomic E-state index is 12.6. The van der Waals surface area contributed by atoms with E-state index in [1.165, 1.54) is 11.0 Å². The Morgan fingerprint density at radius 1 is 1.32 bits per heavy atom. The largest absolute Gasteiger partial charge is 0.324 e. The Bertz CT molecular complexity index is 915. The molecule has 1 aromatic carbocycles. The minimum absolute atomic E-state index is 0.116. The van der Waals surface area contributed by atoms with E-state index in [-0.39, 0.29) is 28.7 Å². The van der Waals surface area contributed by atoms with Gasteiger partial charge in [-0.15, -0.1) is 5.10 Å². The zero-order valence-electron chi connectivity index (χ0n) is 13.2. The summed E-state index contributed by atoms with van der Waals surface area (Å²) in [5.74, 6) is 0.0735. The van der Waals surface area contributed by atoms with E-state index in [0.717, 1.165) is 6.42 Å². The van der Waals surface area contributed by atoms with Crippen LogP contribution in [0.2, 0.25) is 5.02 Å². The van der Waals surface area contributed by atoms with E-state index in [0.29, 0.717) is 29.2 Å². The second kappa shape index (κ2) is 5.77. The van der Waals surface area contributed by atoms with Gasteiger partial charge in [-0.1, -0.05) is 11.6 Å². The van der Waals surface area contributed by atoms with Crippen LogP contribution in [0.3, 0.4) is 0 Å². The highest BCUT2D eigenvalue weighted by molar-refractivity contribution is 7.91. The Balaban J connectivity index is 1.48. The normalized spacial score (nSPS) is 23.3. The molecule has 1 saturated carbocycles. The summed E-state index contributed by atoms with van der Waals surface area (Å²) in [6.45, 7) is 0. The molecule has 0 bridgehead atoms.